The summed E-state index contributed by atoms with van der Waals surface area (Å²) >= 11 is 0. The molecule has 1 spiro atoms. The number of nitrogens with one attached hydrogen (secondary N) is 2. The summed E-state index contributed by atoms with van der Waals surface area (Å²) in [5, 5.41) is 18.7. The number of ether oxygens (including phenoxy) is 1. The summed E-state index contributed by atoms with van der Waals surface area (Å²) in [6.45, 7) is 6.01. The Morgan fingerprint density at radius 2 is 2.13 bits per heavy atom. The topological polar surface area (TPSA) is 73.8 Å². The van der Waals surface area contributed by atoms with Crippen LogP contribution in [0.15, 0.2) is 30.6 Å². The van der Waals surface area contributed by atoms with Crippen LogP contribution in [0.2, 0.25) is 0 Å². The molecule has 5 aliphatic rings. The maximum atomic E-state index is 13.0. The lowest BCUT2D eigenvalue weighted by atomic mass is 9.46. The molecule has 2 heterocycles. The zero-order valence-electron chi connectivity index (χ0n) is 17.7. The lowest BCUT2D eigenvalue weighted by molar-refractivity contribution is -0.180. The highest BCUT2D eigenvalue weighted by atomic mass is 16.5. The molecule has 2 aliphatic heterocycles. The van der Waals surface area contributed by atoms with Gasteiger partial charge in [-0.2, -0.15) is 0 Å². The third kappa shape index (κ3) is 2.35. The number of carbonyl (C=O) groups is 1. The molecule has 4 fully saturated rings. The van der Waals surface area contributed by atoms with Gasteiger partial charge in [-0.15, -0.1) is 0 Å². The van der Waals surface area contributed by atoms with Crippen LogP contribution >= 0.6 is 0 Å². The van der Waals surface area contributed by atoms with Crippen LogP contribution in [-0.4, -0.2) is 53.3 Å². The lowest BCUT2D eigenvalue weighted by Crippen LogP contribution is -2.76. The van der Waals surface area contributed by atoms with Crippen molar-refractivity contribution in [1.29, 1.82) is 0 Å². The van der Waals surface area contributed by atoms with Crippen LogP contribution in [0.25, 0.3) is 0 Å². The van der Waals surface area contributed by atoms with E-state index in [0.717, 1.165) is 37.6 Å². The Hall–Kier alpha value is -2.05. The van der Waals surface area contributed by atoms with Crippen molar-refractivity contribution in [2.75, 3.05) is 20.2 Å². The highest BCUT2D eigenvalue weighted by Crippen LogP contribution is 2.61. The zero-order valence-corrected chi connectivity index (χ0v) is 17.7. The number of hydrogen-bond acceptors (Lipinski definition) is 5. The van der Waals surface area contributed by atoms with Crippen molar-refractivity contribution in [3.8, 4) is 5.75 Å². The largest absolute Gasteiger partial charge is 0.497 e. The van der Waals surface area contributed by atoms with Gasteiger partial charge in [0.2, 0.25) is 0 Å². The van der Waals surface area contributed by atoms with Crippen molar-refractivity contribution in [3.05, 3.63) is 41.7 Å². The average molecular weight is 410 g/mol. The first-order valence-corrected chi connectivity index (χ1v) is 11.3. The second-order valence-electron chi connectivity index (χ2n) is 10.3. The number of amides is 1. The number of likely N-dealkylation sites (tertiary alicyclic amines) is 1. The second-order valence-corrected chi connectivity index (χ2v) is 10.3. The fraction of sp³-hybridized carbons (Fsp3) is 0.625. The number of rotatable bonds is 3. The smallest absolute Gasteiger partial charge is 0.251 e. The molecule has 0 aromatic heterocycles. The maximum Gasteiger partial charge on any atom is 0.251 e. The van der Waals surface area contributed by atoms with Crippen molar-refractivity contribution in [3.63, 3.8) is 0 Å². The lowest BCUT2D eigenvalue weighted by Gasteiger charge is -2.66. The molecule has 6 nitrogen and oxygen atoms in total. The first kappa shape index (κ1) is 18.7. The van der Waals surface area contributed by atoms with Gasteiger partial charge in [0.05, 0.1) is 18.5 Å². The second kappa shape index (κ2) is 6.01. The van der Waals surface area contributed by atoms with Crippen molar-refractivity contribution < 1.29 is 14.6 Å². The van der Waals surface area contributed by atoms with E-state index in [1.165, 1.54) is 24.0 Å². The van der Waals surface area contributed by atoms with E-state index in [-0.39, 0.29) is 11.9 Å². The predicted octanol–water partition coefficient (Wildman–Crippen LogP) is 1.82. The molecule has 160 valence electrons. The molecule has 3 aliphatic carbocycles. The van der Waals surface area contributed by atoms with Crippen LogP contribution < -0.4 is 15.4 Å². The Balaban J connectivity index is 1.50. The molecular formula is C24H31N3O3. The number of hydrogen-bond donors (Lipinski definition) is 3. The molecule has 2 saturated heterocycles. The molecule has 2 bridgehead atoms. The molecule has 6 rings (SSSR count). The minimum Gasteiger partial charge on any atom is -0.497 e. The van der Waals surface area contributed by atoms with Gasteiger partial charge in [0.1, 0.15) is 11.3 Å². The van der Waals surface area contributed by atoms with Crippen LogP contribution in [0, 0.1) is 5.92 Å². The van der Waals surface area contributed by atoms with E-state index >= 15 is 0 Å². The Labute approximate surface area is 177 Å². The number of piperidine rings is 1. The molecule has 2 saturated carbocycles. The van der Waals surface area contributed by atoms with E-state index in [0.29, 0.717) is 25.1 Å². The zero-order chi connectivity index (χ0) is 20.7. The first-order valence-electron chi connectivity index (χ1n) is 11.3. The van der Waals surface area contributed by atoms with E-state index in [2.05, 4.69) is 34.2 Å². The van der Waals surface area contributed by atoms with Crippen LogP contribution in [0.5, 0.6) is 5.75 Å². The molecule has 30 heavy (non-hydrogen) atoms. The SMILES string of the molecule is C=C1NC(=O)[C@@]2(CC[C@@]3(O)[C@H]4Cc5ccc(OC)cc5[C@@]3(CCN4CC3CC3)C2)N1. The van der Waals surface area contributed by atoms with E-state index in [1.807, 2.05) is 6.07 Å². The summed E-state index contributed by atoms with van der Waals surface area (Å²) < 4.78 is 5.56. The fourth-order valence-corrected chi connectivity index (χ4v) is 7.04. The van der Waals surface area contributed by atoms with Gasteiger partial charge < -0.3 is 20.5 Å². The number of benzene rings is 1. The molecule has 6 heteroatoms. The standard InChI is InChI=1S/C24H31N3O3/c1-15-25-21(28)23(26-15)7-8-24(29)20-11-17-5-6-18(30-2)12-19(17)22(24,14-23)9-10-27(20)13-16-3-4-16/h5-6,12,16,20,26,29H,1,3-4,7-11,13-14H2,2H3,(H,25,28)/t20-,22-,23+,24-/m1/s1. The normalized spacial score (nSPS) is 39.9. The third-order valence-electron chi connectivity index (χ3n) is 8.71. The number of aliphatic hydroxyl groups is 1. The molecule has 0 radical (unpaired) electrons. The Morgan fingerprint density at radius 3 is 2.83 bits per heavy atom. The van der Waals surface area contributed by atoms with Crippen LogP contribution in [0.4, 0.5) is 0 Å². The number of fused-ring (bicyclic) bond motifs is 1. The minimum atomic E-state index is -0.837. The predicted molar refractivity (Wildman–Crippen MR) is 113 cm³/mol. The highest BCUT2D eigenvalue weighted by molar-refractivity contribution is 5.91. The van der Waals surface area contributed by atoms with Crippen molar-refractivity contribution in [2.24, 2.45) is 5.92 Å². The molecule has 0 unspecified atom stereocenters. The van der Waals surface area contributed by atoms with Crippen LogP contribution in [0.1, 0.15) is 49.7 Å². The summed E-state index contributed by atoms with van der Waals surface area (Å²) in [4.78, 5) is 15.6. The monoisotopic (exact) mass is 409 g/mol. The van der Waals surface area contributed by atoms with Crippen molar-refractivity contribution >= 4 is 5.91 Å². The van der Waals surface area contributed by atoms with Crippen molar-refractivity contribution in [1.82, 2.24) is 15.5 Å². The quantitative estimate of drug-likeness (QED) is 0.710. The Bertz CT molecular complexity index is 944. The third-order valence-corrected chi connectivity index (χ3v) is 8.71. The van der Waals surface area contributed by atoms with Gasteiger partial charge in [0, 0.05) is 18.0 Å². The van der Waals surface area contributed by atoms with Crippen molar-refractivity contribution in [2.45, 2.75) is 67.5 Å². The number of carbonyl (C=O) groups excluding carboxylic acids is 1. The van der Waals surface area contributed by atoms with Gasteiger partial charge in [-0.3, -0.25) is 9.69 Å². The summed E-state index contributed by atoms with van der Waals surface area (Å²) in [5.74, 6) is 2.18. The van der Waals surface area contributed by atoms with Gasteiger partial charge in [-0.05, 0) is 80.7 Å². The van der Waals surface area contributed by atoms with E-state index < -0.39 is 16.6 Å². The van der Waals surface area contributed by atoms with Gasteiger partial charge in [-0.25, -0.2) is 0 Å². The summed E-state index contributed by atoms with van der Waals surface area (Å²) in [7, 11) is 1.69. The maximum absolute atomic E-state index is 13.0. The Morgan fingerprint density at radius 1 is 1.30 bits per heavy atom. The molecule has 1 aromatic rings. The molecule has 4 atom stereocenters. The van der Waals surface area contributed by atoms with E-state index in [4.69, 9.17) is 4.74 Å². The van der Waals surface area contributed by atoms with E-state index in [9.17, 15) is 9.90 Å². The fourth-order valence-electron chi connectivity index (χ4n) is 7.04. The van der Waals surface area contributed by atoms with Gasteiger partial charge in [0.25, 0.3) is 5.91 Å². The number of nitrogens with zero attached hydrogens (tertiary/aromatic N) is 1. The summed E-state index contributed by atoms with van der Waals surface area (Å²) in [5.41, 5.74) is 0.478. The average Bonchev–Trinajstić information content (AvgIpc) is 3.49. The van der Waals surface area contributed by atoms with Crippen LogP contribution in [-0.2, 0) is 16.6 Å². The van der Waals surface area contributed by atoms with Gasteiger partial charge >= 0.3 is 0 Å². The summed E-state index contributed by atoms with van der Waals surface area (Å²) in [6, 6.07) is 6.43. The van der Waals surface area contributed by atoms with E-state index in [1.54, 1.807) is 7.11 Å². The molecule has 1 aromatic carbocycles. The van der Waals surface area contributed by atoms with Gasteiger partial charge in [0.15, 0.2) is 0 Å². The van der Waals surface area contributed by atoms with Crippen LogP contribution in [0.3, 0.4) is 0 Å². The number of methoxy groups -OCH3 is 1. The van der Waals surface area contributed by atoms with Gasteiger partial charge in [-0.1, -0.05) is 12.6 Å². The Kier molecular flexibility index (Phi) is 3.75. The first-order chi connectivity index (χ1) is 14.4. The molecule has 3 N–H and O–H groups in total. The minimum absolute atomic E-state index is 0.00379. The molecular weight excluding hydrogens is 378 g/mol. The summed E-state index contributed by atoms with van der Waals surface area (Å²) in [6.07, 6.45) is 6.19. The molecule has 1 amide bonds. The highest BCUT2D eigenvalue weighted by Gasteiger charge is 2.69.